The molecule has 0 aromatic carbocycles. The highest BCUT2D eigenvalue weighted by Gasteiger charge is 2.50. The second-order valence-corrected chi connectivity index (χ2v) is 17.2. The number of carbonyl (C=O) groups is 2. The summed E-state index contributed by atoms with van der Waals surface area (Å²) in [6, 6.07) is 0. The van der Waals surface area contributed by atoms with Crippen molar-refractivity contribution >= 4 is 11.9 Å². The molecule has 7 nitrogen and oxygen atoms in total. The van der Waals surface area contributed by atoms with Crippen molar-refractivity contribution in [2.75, 3.05) is 74.6 Å². The quantitative estimate of drug-likeness (QED) is 0.151. The lowest BCUT2D eigenvalue weighted by atomic mass is 9.57. The molecular formula is C35H71N3O4. The third-order valence-electron chi connectivity index (χ3n) is 8.91. The minimum absolute atomic E-state index is 0.0264. The van der Waals surface area contributed by atoms with Crippen molar-refractivity contribution in [1.82, 2.24) is 14.7 Å². The normalized spacial score (nSPS) is 15.7. The van der Waals surface area contributed by atoms with Crippen molar-refractivity contribution in [3.8, 4) is 0 Å². The first-order chi connectivity index (χ1) is 18.9. The van der Waals surface area contributed by atoms with Crippen molar-refractivity contribution in [2.24, 2.45) is 33.0 Å². The van der Waals surface area contributed by atoms with E-state index in [-0.39, 0.29) is 39.5 Å². The number of nitrogens with zero attached hydrogens (tertiary/aromatic N) is 3. The Balaban J connectivity index is 5.74. The molecule has 0 aromatic rings. The number of rotatable bonds is 19. The van der Waals surface area contributed by atoms with E-state index in [0.717, 1.165) is 58.4 Å². The molecule has 0 N–H and O–H groups in total. The van der Waals surface area contributed by atoms with Crippen LogP contribution in [0.15, 0.2) is 0 Å². The van der Waals surface area contributed by atoms with Gasteiger partial charge in [0, 0.05) is 6.54 Å². The van der Waals surface area contributed by atoms with Gasteiger partial charge in [0.05, 0.1) is 18.4 Å². The molecule has 0 aliphatic heterocycles. The zero-order chi connectivity index (χ0) is 33.2. The molecular weight excluding hydrogens is 526 g/mol. The number of esters is 2. The van der Waals surface area contributed by atoms with Gasteiger partial charge in [-0.3, -0.25) is 14.5 Å². The van der Waals surface area contributed by atoms with Crippen molar-refractivity contribution in [3.05, 3.63) is 0 Å². The van der Waals surface area contributed by atoms with E-state index in [9.17, 15) is 9.59 Å². The second kappa shape index (κ2) is 16.8. The number of hydrogen-bond donors (Lipinski definition) is 0. The van der Waals surface area contributed by atoms with Crippen LogP contribution in [-0.2, 0) is 19.1 Å². The summed E-state index contributed by atoms with van der Waals surface area (Å²) >= 11 is 0. The zero-order valence-corrected chi connectivity index (χ0v) is 30.8. The van der Waals surface area contributed by atoms with Gasteiger partial charge in [-0.05, 0) is 115 Å². The maximum Gasteiger partial charge on any atom is 0.312 e. The number of hydrogen-bond acceptors (Lipinski definition) is 7. The summed E-state index contributed by atoms with van der Waals surface area (Å²) in [5.74, 6) is -0.516. The number of ether oxygens (including phenoxy) is 2. The molecule has 7 heteroatoms. The smallest absolute Gasteiger partial charge is 0.312 e. The van der Waals surface area contributed by atoms with Crippen LogP contribution in [0, 0.1) is 33.0 Å². The van der Waals surface area contributed by atoms with Gasteiger partial charge in [-0.25, -0.2) is 0 Å². The van der Waals surface area contributed by atoms with Gasteiger partial charge in [0.25, 0.3) is 0 Å². The summed E-state index contributed by atoms with van der Waals surface area (Å²) < 4.78 is 11.4. The average Bonchev–Trinajstić information content (AvgIpc) is 2.78. The van der Waals surface area contributed by atoms with Crippen molar-refractivity contribution in [3.63, 3.8) is 0 Å². The van der Waals surface area contributed by atoms with E-state index in [1.807, 2.05) is 6.92 Å². The molecule has 0 amide bonds. The molecule has 0 aliphatic rings. The van der Waals surface area contributed by atoms with Crippen LogP contribution in [0.5, 0.6) is 0 Å². The minimum atomic E-state index is -0.649. The SMILES string of the molecule is COC(=O)C(C)(CC(C)(C)CC(C)(C)C(CC(C)(C)C)C(=O)OCCN(CCCN(C)C)CCCN(C)C)C(C)(C)C. The van der Waals surface area contributed by atoms with Crippen molar-refractivity contribution in [1.29, 1.82) is 0 Å². The third-order valence-corrected chi connectivity index (χ3v) is 8.91. The molecule has 250 valence electrons. The molecule has 0 aliphatic carbocycles. The molecule has 2 unspecified atom stereocenters. The van der Waals surface area contributed by atoms with E-state index in [1.54, 1.807) is 0 Å². The molecule has 0 fully saturated rings. The van der Waals surface area contributed by atoms with Crippen LogP contribution >= 0.6 is 0 Å². The lowest BCUT2D eigenvalue weighted by Gasteiger charge is -2.47. The Labute approximate surface area is 261 Å². The van der Waals surface area contributed by atoms with Crippen LogP contribution in [0.1, 0.15) is 108 Å². The maximum absolute atomic E-state index is 13.8. The van der Waals surface area contributed by atoms with Gasteiger partial charge in [0.2, 0.25) is 0 Å². The first-order valence-corrected chi connectivity index (χ1v) is 16.1. The molecule has 0 rings (SSSR count). The van der Waals surface area contributed by atoms with Crippen LogP contribution in [0.25, 0.3) is 0 Å². The number of carbonyl (C=O) groups excluding carboxylic acids is 2. The van der Waals surface area contributed by atoms with Crippen LogP contribution in [0.2, 0.25) is 0 Å². The largest absolute Gasteiger partial charge is 0.469 e. The van der Waals surface area contributed by atoms with E-state index in [1.165, 1.54) is 7.11 Å². The first kappa shape index (κ1) is 40.8. The predicted octanol–water partition coefficient (Wildman–Crippen LogP) is 6.85. The Morgan fingerprint density at radius 2 is 1.17 bits per heavy atom. The second-order valence-electron chi connectivity index (χ2n) is 17.2. The van der Waals surface area contributed by atoms with Crippen molar-refractivity contribution < 1.29 is 19.1 Å². The molecule has 0 heterocycles. The molecule has 0 spiro atoms. The Kier molecular flexibility index (Phi) is 16.3. The molecule has 0 bridgehead atoms. The van der Waals surface area contributed by atoms with E-state index in [2.05, 4.69) is 112 Å². The molecule has 0 saturated heterocycles. The summed E-state index contributed by atoms with van der Waals surface area (Å²) in [6.07, 6.45) is 4.40. The van der Waals surface area contributed by atoms with Crippen LogP contribution in [0.4, 0.5) is 0 Å². The molecule has 2 atom stereocenters. The fraction of sp³-hybridized carbons (Fsp3) is 0.943. The maximum atomic E-state index is 13.8. The topological polar surface area (TPSA) is 62.3 Å². The highest BCUT2D eigenvalue weighted by Crippen LogP contribution is 2.52. The lowest BCUT2D eigenvalue weighted by Crippen LogP contribution is -2.46. The van der Waals surface area contributed by atoms with Gasteiger partial charge in [-0.1, -0.05) is 69.2 Å². The fourth-order valence-electron chi connectivity index (χ4n) is 6.47. The van der Waals surface area contributed by atoms with Gasteiger partial charge >= 0.3 is 11.9 Å². The minimum Gasteiger partial charge on any atom is -0.469 e. The highest BCUT2D eigenvalue weighted by atomic mass is 16.5. The first-order valence-electron chi connectivity index (χ1n) is 16.1. The fourth-order valence-corrected chi connectivity index (χ4v) is 6.47. The van der Waals surface area contributed by atoms with Gasteiger partial charge in [0.1, 0.15) is 6.61 Å². The van der Waals surface area contributed by atoms with Crippen LogP contribution in [0.3, 0.4) is 0 Å². The summed E-state index contributed by atoms with van der Waals surface area (Å²) in [6.45, 7) is 29.0. The van der Waals surface area contributed by atoms with Gasteiger partial charge < -0.3 is 19.3 Å². The van der Waals surface area contributed by atoms with E-state index in [4.69, 9.17) is 9.47 Å². The Morgan fingerprint density at radius 3 is 1.55 bits per heavy atom. The van der Waals surface area contributed by atoms with E-state index >= 15 is 0 Å². The Morgan fingerprint density at radius 1 is 0.690 bits per heavy atom. The third kappa shape index (κ3) is 15.0. The highest BCUT2D eigenvalue weighted by molar-refractivity contribution is 5.77. The Hall–Kier alpha value is -1.18. The molecule has 0 saturated carbocycles. The summed E-state index contributed by atoms with van der Waals surface area (Å²) in [4.78, 5) is 33.7. The molecule has 0 radical (unpaired) electrons. The summed E-state index contributed by atoms with van der Waals surface area (Å²) in [5.41, 5.74) is -1.46. The van der Waals surface area contributed by atoms with E-state index in [0.29, 0.717) is 13.0 Å². The van der Waals surface area contributed by atoms with Crippen LogP contribution < -0.4 is 0 Å². The summed E-state index contributed by atoms with van der Waals surface area (Å²) in [5, 5.41) is 0. The monoisotopic (exact) mass is 598 g/mol. The molecule has 42 heavy (non-hydrogen) atoms. The standard InChI is InChI=1S/C35H71N3O4/c1-31(2,3)25-28(29(39)42-24-23-38(21-17-19-36(12)13)22-18-20-37(14)15)34(9,10)26-33(7,8)27-35(11,30(40)41-16)32(4,5)6/h28H,17-27H2,1-16H3. The number of methoxy groups -OCH3 is 1. The van der Waals surface area contributed by atoms with Gasteiger partial charge in [0.15, 0.2) is 0 Å². The Bertz CT molecular complexity index is 794. The zero-order valence-electron chi connectivity index (χ0n) is 30.8. The molecule has 0 aromatic heterocycles. The van der Waals surface area contributed by atoms with E-state index < -0.39 is 5.41 Å². The van der Waals surface area contributed by atoms with Crippen LogP contribution in [-0.4, -0.2) is 101 Å². The van der Waals surface area contributed by atoms with Gasteiger partial charge in [-0.2, -0.15) is 0 Å². The van der Waals surface area contributed by atoms with Crippen molar-refractivity contribution in [2.45, 2.75) is 108 Å². The average molecular weight is 598 g/mol. The lowest BCUT2D eigenvalue weighted by molar-refractivity contribution is -0.164. The van der Waals surface area contributed by atoms with Gasteiger partial charge in [-0.15, -0.1) is 0 Å². The predicted molar refractivity (Wildman–Crippen MR) is 178 cm³/mol. The summed E-state index contributed by atoms with van der Waals surface area (Å²) in [7, 11) is 9.90.